The van der Waals surface area contributed by atoms with E-state index in [1.807, 2.05) is 6.92 Å². The highest BCUT2D eigenvalue weighted by Crippen LogP contribution is 2.49. The Bertz CT molecular complexity index is 1380. The molecule has 0 aromatic heterocycles. The molecule has 0 aliphatic carbocycles. The third kappa shape index (κ3) is 4.05. The lowest BCUT2D eigenvalue weighted by Crippen LogP contribution is -2.37. The first-order valence-corrected chi connectivity index (χ1v) is 11.8. The minimum Gasteiger partial charge on any atom is -0.494 e. The van der Waals surface area contributed by atoms with E-state index in [1.54, 1.807) is 42.5 Å². The minimum absolute atomic E-state index is 0.166. The SMILES string of the molecule is CCOc1cccc(N2C(=O)[C@H]3[C@@H](c4ccc(Cl)cc4Cl)N(c4cccc([N+](=O)[O-])c4)O[C@H]3C2=O)c1. The van der Waals surface area contributed by atoms with E-state index in [4.69, 9.17) is 32.8 Å². The topological polar surface area (TPSA) is 102 Å². The van der Waals surface area contributed by atoms with E-state index in [0.717, 1.165) is 4.90 Å². The Hall–Kier alpha value is -3.66. The van der Waals surface area contributed by atoms with E-state index in [9.17, 15) is 19.7 Å². The number of ether oxygens (including phenoxy) is 1. The fraction of sp³-hybridized carbons (Fsp3) is 0.200. The molecular formula is C25H19Cl2N3O6. The first-order chi connectivity index (χ1) is 17.3. The second-order valence-electron chi connectivity index (χ2n) is 8.21. The Morgan fingerprint density at radius 3 is 2.47 bits per heavy atom. The number of nitrogens with zero attached hydrogens (tertiary/aromatic N) is 3. The van der Waals surface area contributed by atoms with Crippen molar-refractivity contribution in [1.29, 1.82) is 0 Å². The quantitative estimate of drug-likeness (QED) is 0.241. The number of nitro groups is 1. The van der Waals surface area contributed by atoms with Gasteiger partial charge in [0, 0.05) is 28.2 Å². The zero-order valence-electron chi connectivity index (χ0n) is 18.8. The summed E-state index contributed by atoms with van der Waals surface area (Å²) in [5.41, 5.74) is 0.990. The molecule has 2 fully saturated rings. The second kappa shape index (κ2) is 9.42. The standard InChI is InChI=1S/C25H19Cl2N3O6/c1-2-35-18-8-4-5-15(13-18)28-24(31)21-22(19-10-9-14(26)11-20(19)27)29(36-23(21)25(28)32)16-6-3-7-17(12-16)30(33)34/h3-13,21-23H,2H2,1H3/t21-,22+,23+/m0/s1. The number of hydrogen-bond donors (Lipinski definition) is 0. The summed E-state index contributed by atoms with van der Waals surface area (Å²) in [4.78, 5) is 45.2. The van der Waals surface area contributed by atoms with Crippen LogP contribution in [0.1, 0.15) is 18.5 Å². The zero-order chi connectivity index (χ0) is 25.6. The molecule has 2 amide bonds. The molecular weight excluding hydrogens is 509 g/mol. The van der Waals surface area contributed by atoms with Gasteiger partial charge in [-0.25, -0.2) is 9.96 Å². The van der Waals surface area contributed by atoms with Crippen LogP contribution in [0, 0.1) is 16.0 Å². The molecule has 0 N–H and O–H groups in total. The highest BCUT2D eigenvalue weighted by molar-refractivity contribution is 6.35. The summed E-state index contributed by atoms with van der Waals surface area (Å²) >= 11 is 12.6. The molecule has 0 spiro atoms. The zero-order valence-corrected chi connectivity index (χ0v) is 20.3. The number of halogens is 2. The summed E-state index contributed by atoms with van der Waals surface area (Å²) in [7, 11) is 0. The van der Waals surface area contributed by atoms with Gasteiger partial charge in [-0.05, 0) is 42.8 Å². The van der Waals surface area contributed by atoms with Gasteiger partial charge in [-0.15, -0.1) is 0 Å². The second-order valence-corrected chi connectivity index (χ2v) is 9.05. The normalized spacial score (nSPS) is 21.1. The van der Waals surface area contributed by atoms with Crippen LogP contribution in [-0.4, -0.2) is 29.4 Å². The minimum atomic E-state index is -1.16. The monoisotopic (exact) mass is 527 g/mol. The van der Waals surface area contributed by atoms with Crippen LogP contribution in [0.2, 0.25) is 10.0 Å². The molecule has 5 rings (SSSR count). The fourth-order valence-corrected chi connectivity index (χ4v) is 5.09. The van der Waals surface area contributed by atoms with Crippen LogP contribution in [0.25, 0.3) is 0 Å². The van der Waals surface area contributed by atoms with Gasteiger partial charge in [0.1, 0.15) is 11.7 Å². The maximum Gasteiger partial charge on any atom is 0.271 e. The number of carbonyl (C=O) groups is 2. The third-order valence-corrected chi connectivity index (χ3v) is 6.64. The van der Waals surface area contributed by atoms with E-state index in [2.05, 4.69) is 0 Å². The van der Waals surface area contributed by atoms with Crippen molar-refractivity contribution < 1.29 is 24.1 Å². The van der Waals surface area contributed by atoms with Gasteiger partial charge in [-0.1, -0.05) is 41.4 Å². The molecule has 2 aliphatic heterocycles. The number of benzene rings is 3. The van der Waals surface area contributed by atoms with Crippen LogP contribution in [0.3, 0.4) is 0 Å². The number of imide groups is 1. The Balaban J connectivity index is 1.60. The van der Waals surface area contributed by atoms with Crippen molar-refractivity contribution in [2.75, 3.05) is 16.6 Å². The van der Waals surface area contributed by atoms with Gasteiger partial charge in [0.15, 0.2) is 6.10 Å². The van der Waals surface area contributed by atoms with Crippen molar-refractivity contribution in [3.8, 4) is 5.75 Å². The van der Waals surface area contributed by atoms with Gasteiger partial charge in [0.25, 0.3) is 11.6 Å². The summed E-state index contributed by atoms with van der Waals surface area (Å²) in [6.07, 6.45) is -1.16. The summed E-state index contributed by atoms with van der Waals surface area (Å²) < 4.78 is 5.52. The van der Waals surface area contributed by atoms with Gasteiger partial charge in [-0.3, -0.25) is 24.5 Å². The number of anilines is 2. The molecule has 3 aromatic carbocycles. The van der Waals surface area contributed by atoms with Crippen molar-refractivity contribution in [2.45, 2.75) is 19.1 Å². The van der Waals surface area contributed by atoms with Gasteiger partial charge in [0.05, 0.1) is 28.9 Å². The molecule has 2 heterocycles. The molecule has 2 aliphatic rings. The molecule has 3 atom stereocenters. The van der Waals surface area contributed by atoms with E-state index < -0.39 is 34.8 Å². The largest absolute Gasteiger partial charge is 0.494 e. The molecule has 184 valence electrons. The molecule has 0 bridgehead atoms. The highest BCUT2D eigenvalue weighted by Gasteiger charge is 2.60. The predicted octanol–water partition coefficient (Wildman–Crippen LogP) is 5.35. The van der Waals surface area contributed by atoms with E-state index in [-0.39, 0.29) is 10.7 Å². The van der Waals surface area contributed by atoms with E-state index in [1.165, 1.54) is 29.3 Å². The van der Waals surface area contributed by atoms with Crippen molar-refractivity contribution >= 4 is 52.1 Å². The van der Waals surface area contributed by atoms with Crippen molar-refractivity contribution in [3.05, 3.63) is 92.5 Å². The van der Waals surface area contributed by atoms with Crippen LogP contribution in [0.5, 0.6) is 5.75 Å². The van der Waals surface area contributed by atoms with Gasteiger partial charge in [0.2, 0.25) is 5.91 Å². The highest BCUT2D eigenvalue weighted by atomic mass is 35.5. The molecule has 2 saturated heterocycles. The number of hydroxylamine groups is 1. The number of amides is 2. The van der Waals surface area contributed by atoms with Crippen LogP contribution in [0.15, 0.2) is 66.7 Å². The van der Waals surface area contributed by atoms with E-state index >= 15 is 0 Å². The average molecular weight is 528 g/mol. The summed E-state index contributed by atoms with van der Waals surface area (Å²) in [5.74, 6) is -1.49. The van der Waals surface area contributed by atoms with Crippen LogP contribution >= 0.6 is 23.2 Å². The maximum atomic E-state index is 13.8. The summed E-state index contributed by atoms with van der Waals surface area (Å²) in [6, 6.07) is 16.4. The Morgan fingerprint density at radius 2 is 1.75 bits per heavy atom. The van der Waals surface area contributed by atoms with Gasteiger partial charge >= 0.3 is 0 Å². The Labute approximate surface area is 215 Å². The Kier molecular flexibility index (Phi) is 6.29. The first kappa shape index (κ1) is 24.1. The van der Waals surface area contributed by atoms with E-state index in [0.29, 0.717) is 34.3 Å². The number of rotatable bonds is 6. The lowest BCUT2D eigenvalue weighted by Gasteiger charge is -2.29. The van der Waals surface area contributed by atoms with Crippen LogP contribution < -0.4 is 14.7 Å². The number of fused-ring (bicyclic) bond motifs is 1. The molecule has 0 unspecified atom stereocenters. The summed E-state index contributed by atoms with van der Waals surface area (Å²) in [6.45, 7) is 2.26. The molecule has 36 heavy (non-hydrogen) atoms. The molecule has 9 nitrogen and oxygen atoms in total. The first-order valence-electron chi connectivity index (χ1n) is 11.1. The smallest absolute Gasteiger partial charge is 0.271 e. The fourth-order valence-electron chi connectivity index (χ4n) is 4.57. The molecule has 11 heteroatoms. The predicted molar refractivity (Wildman–Crippen MR) is 133 cm³/mol. The lowest BCUT2D eigenvalue weighted by atomic mass is 9.90. The maximum absolute atomic E-state index is 13.8. The molecule has 0 radical (unpaired) electrons. The van der Waals surface area contributed by atoms with Crippen molar-refractivity contribution in [3.63, 3.8) is 0 Å². The van der Waals surface area contributed by atoms with Gasteiger partial charge < -0.3 is 4.74 Å². The number of non-ortho nitro benzene ring substituents is 1. The van der Waals surface area contributed by atoms with Crippen molar-refractivity contribution in [2.24, 2.45) is 5.92 Å². The van der Waals surface area contributed by atoms with Gasteiger partial charge in [-0.2, -0.15) is 0 Å². The Morgan fingerprint density at radius 1 is 1.00 bits per heavy atom. The lowest BCUT2D eigenvalue weighted by molar-refractivity contribution is -0.384. The number of hydrogen-bond acceptors (Lipinski definition) is 7. The van der Waals surface area contributed by atoms with Crippen LogP contribution in [0.4, 0.5) is 17.1 Å². The van der Waals surface area contributed by atoms with Crippen molar-refractivity contribution in [1.82, 2.24) is 0 Å². The summed E-state index contributed by atoms with van der Waals surface area (Å²) in [5, 5.41) is 13.4. The third-order valence-electron chi connectivity index (χ3n) is 6.08. The number of nitro benzene ring substituents is 1. The average Bonchev–Trinajstić information content (AvgIpc) is 3.35. The number of carbonyl (C=O) groups excluding carboxylic acids is 2. The molecule has 0 saturated carbocycles. The van der Waals surface area contributed by atoms with Crippen LogP contribution in [-0.2, 0) is 14.4 Å². The molecule has 3 aromatic rings.